The zero-order chi connectivity index (χ0) is 70.7. The molecule has 0 aliphatic heterocycles. The first-order valence-corrected chi connectivity index (χ1v) is 43.0. The number of ether oxygens (including phenoxy) is 4. The van der Waals surface area contributed by atoms with E-state index in [2.05, 4.69) is 41.5 Å². The molecule has 0 heterocycles. The molecular weight excluding hydrogens is 1260 g/mol. The summed E-state index contributed by atoms with van der Waals surface area (Å²) in [5.41, 5.74) is 0. The van der Waals surface area contributed by atoms with Crippen molar-refractivity contribution in [1.29, 1.82) is 0 Å². The van der Waals surface area contributed by atoms with Crippen LogP contribution in [0.4, 0.5) is 0 Å². The minimum Gasteiger partial charge on any atom is -0.462 e. The molecule has 19 heteroatoms. The number of aliphatic hydroxyl groups is 1. The number of carbonyl (C=O) groups is 4. The van der Waals surface area contributed by atoms with Crippen molar-refractivity contribution in [3.63, 3.8) is 0 Å². The molecule has 0 aliphatic rings. The molecule has 5 atom stereocenters. The lowest BCUT2D eigenvalue weighted by atomic mass is 10.0. The number of unbranched alkanes of at least 4 members (excludes halogenated alkanes) is 46. The summed E-state index contributed by atoms with van der Waals surface area (Å²) in [6, 6.07) is 0. The molecule has 0 bridgehead atoms. The third kappa shape index (κ3) is 70.5. The van der Waals surface area contributed by atoms with Crippen LogP contribution in [-0.4, -0.2) is 96.7 Å². The Labute approximate surface area is 588 Å². The summed E-state index contributed by atoms with van der Waals surface area (Å²) in [5.74, 6) is -0.573. The minimum absolute atomic E-state index is 0.106. The molecule has 0 amide bonds. The monoisotopic (exact) mass is 1410 g/mol. The number of aliphatic hydroxyl groups excluding tert-OH is 1. The van der Waals surface area contributed by atoms with Gasteiger partial charge in [-0.25, -0.2) is 9.13 Å². The lowest BCUT2D eigenvalue weighted by Gasteiger charge is -2.21. The van der Waals surface area contributed by atoms with Gasteiger partial charge in [-0.05, 0) is 37.5 Å². The average Bonchev–Trinajstić information content (AvgIpc) is 1.86. The van der Waals surface area contributed by atoms with Gasteiger partial charge >= 0.3 is 39.5 Å². The molecule has 3 N–H and O–H groups in total. The van der Waals surface area contributed by atoms with Crippen LogP contribution in [-0.2, 0) is 65.4 Å². The van der Waals surface area contributed by atoms with Crippen LogP contribution in [0, 0.1) is 11.8 Å². The smallest absolute Gasteiger partial charge is 0.462 e. The fourth-order valence-electron chi connectivity index (χ4n) is 11.8. The summed E-state index contributed by atoms with van der Waals surface area (Å²) in [5, 5.41) is 10.6. The molecule has 0 fully saturated rings. The predicted octanol–water partition coefficient (Wildman–Crippen LogP) is 22.7. The van der Waals surface area contributed by atoms with Gasteiger partial charge < -0.3 is 33.8 Å². The van der Waals surface area contributed by atoms with Crippen LogP contribution in [0.3, 0.4) is 0 Å². The summed E-state index contributed by atoms with van der Waals surface area (Å²) in [6.45, 7) is 9.61. The first-order valence-electron chi connectivity index (χ1n) is 40.0. The number of esters is 4. The molecule has 0 saturated carbocycles. The molecule has 0 aromatic carbocycles. The molecule has 17 nitrogen and oxygen atoms in total. The van der Waals surface area contributed by atoms with Gasteiger partial charge in [0.25, 0.3) is 0 Å². The SMILES string of the molecule is CCCCCCCCCCCCCCCCC(=O)OC[C@H](COP(=O)(O)OC[C@@H](O)COP(=O)(O)OC[C@@H](COC(=O)CCCCCCCCCCCCCC)OC(=O)CCCCCCCCCCCC(C)C)OC(=O)CCCCCCCCCCCCCCCCCC(C)C. The number of phosphoric ester groups is 2. The van der Waals surface area contributed by atoms with Gasteiger partial charge in [-0.2, -0.15) is 0 Å². The van der Waals surface area contributed by atoms with E-state index in [1.807, 2.05) is 0 Å². The maximum absolute atomic E-state index is 13.1. The Kier molecular flexibility index (Phi) is 67.4. The molecular formula is C77H150O17P2. The molecule has 0 aliphatic carbocycles. The van der Waals surface area contributed by atoms with Crippen molar-refractivity contribution >= 4 is 39.5 Å². The van der Waals surface area contributed by atoms with Crippen LogP contribution in [0.2, 0.25) is 0 Å². The molecule has 0 saturated heterocycles. The van der Waals surface area contributed by atoms with Crippen LogP contribution in [0.25, 0.3) is 0 Å². The van der Waals surface area contributed by atoms with E-state index in [1.165, 1.54) is 218 Å². The predicted molar refractivity (Wildman–Crippen MR) is 391 cm³/mol. The maximum Gasteiger partial charge on any atom is 0.472 e. The molecule has 0 aromatic rings. The summed E-state index contributed by atoms with van der Waals surface area (Å²) in [7, 11) is -9.91. The normalized spacial score (nSPS) is 14.0. The first-order chi connectivity index (χ1) is 46.4. The van der Waals surface area contributed by atoms with Crippen LogP contribution in [0.1, 0.15) is 401 Å². The summed E-state index contributed by atoms with van der Waals surface area (Å²) in [6.07, 6.45) is 56.7. The Balaban J connectivity index is 5.25. The van der Waals surface area contributed by atoms with Crippen molar-refractivity contribution in [2.24, 2.45) is 11.8 Å². The third-order valence-electron chi connectivity index (χ3n) is 18.0. The molecule has 2 unspecified atom stereocenters. The first kappa shape index (κ1) is 94.1. The molecule has 570 valence electrons. The van der Waals surface area contributed by atoms with Gasteiger partial charge in [0.2, 0.25) is 0 Å². The average molecular weight is 1410 g/mol. The highest BCUT2D eigenvalue weighted by Crippen LogP contribution is 2.45. The van der Waals surface area contributed by atoms with Gasteiger partial charge in [0.1, 0.15) is 19.3 Å². The Hall–Kier alpha value is -1.94. The highest BCUT2D eigenvalue weighted by molar-refractivity contribution is 7.47. The Morgan fingerprint density at radius 2 is 0.479 bits per heavy atom. The zero-order valence-electron chi connectivity index (χ0n) is 62.7. The summed E-state index contributed by atoms with van der Waals surface area (Å²) >= 11 is 0. The highest BCUT2D eigenvalue weighted by atomic mass is 31.2. The minimum atomic E-state index is -4.96. The summed E-state index contributed by atoms with van der Waals surface area (Å²) in [4.78, 5) is 72.9. The van der Waals surface area contributed by atoms with Crippen molar-refractivity contribution in [3.05, 3.63) is 0 Å². The number of phosphoric acid groups is 2. The number of hydrogen-bond donors (Lipinski definition) is 3. The second-order valence-electron chi connectivity index (χ2n) is 28.7. The fraction of sp³-hybridized carbons (Fsp3) is 0.948. The van der Waals surface area contributed by atoms with E-state index in [4.69, 9.17) is 37.0 Å². The van der Waals surface area contributed by atoms with E-state index in [1.54, 1.807) is 0 Å². The van der Waals surface area contributed by atoms with E-state index >= 15 is 0 Å². The Morgan fingerprint density at radius 3 is 0.708 bits per heavy atom. The molecule has 96 heavy (non-hydrogen) atoms. The van der Waals surface area contributed by atoms with Crippen molar-refractivity contribution in [1.82, 2.24) is 0 Å². The van der Waals surface area contributed by atoms with Gasteiger partial charge in [0.05, 0.1) is 26.4 Å². The highest BCUT2D eigenvalue weighted by Gasteiger charge is 2.30. The van der Waals surface area contributed by atoms with Gasteiger partial charge in [0, 0.05) is 25.7 Å². The fourth-order valence-corrected chi connectivity index (χ4v) is 13.4. The second kappa shape index (κ2) is 68.8. The molecule has 0 spiro atoms. The van der Waals surface area contributed by atoms with Crippen LogP contribution in [0.15, 0.2) is 0 Å². The zero-order valence-corrected chi connectivity index (χ0v) is 64.5. The van der Waals surface area contributed by atoms with Crippen LogP contribution >= 0.6 is 15.6 Å². The third-order valence-corrected chi connectivity index (χ3v) is 19.9. The van der Waals surface area contributed by atoms with Gasteiger partial charge in [-0.3, -0.25) is 37.3 Å². The van der Waals surface area contributed by atoms with Crippen molar-refractivity contribution in [2.45, 2.75) is 419 Å². The maximum atomic E-state index is 13.1. The van der Waals surface area contributed by atoms with Crippen molar-refractivity contribution in [2.75, 3.05) is 39.6 Å². The van der Waals surface area contributed by atoms with Crippen LogP contribution in [0.5, 0.6) is 0 Å². The van der Waals surface area contributed by atoms with E-state index in [9.17, 15) is 43.2 Å². The van der Waals surface area contributed by atoms with Gasteiger partial charge in [0.15, 0.2) is 12.2 Å². The largest absolute Gasteiger partial charge is 0.472 e. The molecule has 0 radical (unpaired) electrons. The summed E-state index contributed by atoms with van der Waals surface area (Å²) < 4.78 is 68.6. The van der Waals surface area contributed by atoms with E-state index in [0.717, 1.165) is 102 Å². The topological polar surface area (TPSA) is 237 Å². The quantitative estimate of drug-likeness (QED) is 0.0222. The number of carbonyl (C=O) groups excluding carboxylic acids is 4. The molecule has 0 rings (SSSR count). The number of rotatable bonds is 76. The van der Waals surface area contributed by atoms with Gasteiger partial charge in [-0.15, -0.1) is 0 Å². The lowest BCUT2D eigenvalue weighted by molar-refractivity contribution is -0.161. The van der Waals surface area contributed by atoms with Crippen molar-refractivity contribution < 1.29 is 80.2 Å². The second-order valence-corrected chi connectivity index (χ2v) is 31.6. The standard InChI is InChI=1S/C77H150O17P2/c1-7-9-11-13-15-17-19-21-26-30-36-42-48-54-60-75(80)88-65-72(93-76(81)61-55-49-43-37-31-27-24-22-23-25-28-33-39-45-51-57-69(3)4)67-91-95(83,84)89-63-71(78)64-90-96(85,86)92-68-73(94-77(82)62-56-50-44-38-32-34-40-46-52-58-70(5)6)66-87-74(79)59-53-47-41-35-29-20-18-16-14-12-10-8-2/h69-73,78H,7-68H2,1-6H3,(H,83,84)(H,85,86)/t71-,72-,73-/m1/s1. The van der Waals surface area contributed by atoms with E-state index in [0.29, 0.717) is 25.7 Å². The number of hydrogen-bond acceptors (Lipinski definition) is 15. The van der Waals surface area contributed by atoms with Gasteiger partial charge in [-0.1, -0.05) is 350 Å². The molecule has 0 aromatic heterocycles. The van der Waals surface area contributed by atoms with Crippen molar-refractivity contribution in [3.8, 4) is 0 Å². The lowest BCUT2D eigenvalue weighted by Crippen LogP contribution is -2.30. The Bertz CT molecular complexity index is 1860. The Morgan fingerprint density at radius 1 is 0.281 bits per heavy atom. The van der Waals surface area contributed by atoms with Crippen LogP contribution < -0.4 is 0 Å². The van der Waals surface area contributed by atoms with E-state index < -0.39 is 97.5 Å². The van der Waals surface area contributed by atoms with E-state index in [-0.39, 0.29) is 25.7 Å².